The lowest BCUT2D eigenvalue weighted by atomic mass is 10.2. The lowest BCUT2D eigenvalue weighted by molar-refractivity contribution is -0.137. The fraction of sp³-hybridized carbons (Fsp3) is 0.556. The first kappa shape index (κ1) is 20.3. The van der Waals surface area contributed by atoms with E-state index in [0.717, 1.165) is 11.4 Å². The van der Waals surface area contributed by atoms with Gasteiger partial charge in [-0.15, -0.1) is 0 Å². The molecule has 0 bridgehead atoms. The molecule has 152 valence electrons. The summed E-state index contributed by atoms with van der Waals surface area (Å²) in [5.41, 5.74) is 2.01. The minimum absolute atomic E-state index is 0.189. The van der Waals surface area contributed by atoms with Gasteiger partial charge < -0.3 is 15.0 Å². The van der Waals surface area contributed by atoms with E-state index in [9.17, 15) is 9.59 Å². The van der Waals surface area contributed by atoms with Crippen molar-refractivity contribution in [1.82, 2.24) is 29.8 Å². The van der Waals surface area contributed by atoms with Gasteiger partial charge in [0.05, 0.1) is 36.1 Å². The number of hydrogen-bond acceptors (Lipinski definition) is 5. The van der Waals surface area contributed by atoms with Gasteiger partial charge in [-0.1, -0.05) is 11.6 Å². The third kappa shape index (κ3) is 4.36. The Morgan fingerprint density at radius 1 is 1.36 bits per heavy atom. The fourth-order valence-corrected chi connectivity index (χ4v) is 3.23. The molecule has 2 aromatic heterocycles. The first-order chi connectivity index (χ1) is 13.4. The van der Waals surface area contributed by atoms with Crippen LogP contribution in [0.25, 0.3) is 0 Å². The number of aromatic nitrogens is 4. The van der Waals surface area contributed by atoms with Gasteiger partial charge in [0.15, 0.2) is 6.10 Å². The predicted molar refractivity (Wildman–Crippen MR) is 103 cm³/mol. The monoisotopic (exact) mass is 408 g/mol. The van der Waals surface area contributed by atoms with Crippen LogP contribution in [0.5, 0.6) is 0 Å². The third-order valence-electron chi connectivity index (χ3n) is 4.75. The number of rotatable bonds is 6. The minimum atomic E-state index is -0.699. The number of nitrogens with zero attached hydrogens (tertiary/aromatic N) is 5. The summed E-state index contributed by atoms with van der Waals surface area (Å²) >= 11 is 6.13. The van der Waals surface area contributed by atoms with Crippen molar-refractivity contribution in [1.29, 1.82) is 0 Å². The van der Waals surface area contributed by atoms with Crippen molar-refractivity contribution in [3.63, 3.8) is 0 Å². The van der Waals surface area contributed by atoms with Crippen LogP contribution in [0.3, 0.4) is 0 Å². The minimum Gasteiger partial charge on any atom is -0.365 e. The molecule has 1 saturated heterocycles. The van der Waals surface area contributed by atoms with E-state index >= 15 is 0 Å². The van der Waals surface area contributed by atoms with Crippen LogP contribution in [0.15, 0.2) is 12.3 Å². The molecule has 0 saturated carbocycles. The summed E-state index contributed by atoms with van der Waals surface area (Å²) in [5, 5.41) is 12.1. The van der Waals surface area contributed by atoms with Gasteiger partial charge in [-0.2, -0.15) is 10.2 Å². The van der Waals surface area contributed by atoms with E-state index < -0.39 is 6.10 Å². The first-order valence-electron chi connectivity index (χ1n) is 9.32. The third-order valence-corrected chi connectivity index (χ3v) is 5.29. The molecule has 1 N–H and O–H groups in total. The van der Waals surface area contributed by atoms with Gasteiger partial charge in [0, 0.05) is 25.8 Å². The summed E-state index contributed by atoms with van der Waals surface area (Å²) in [6, 6.07) is 1.69. The summed E-state index contributed by atoms with van der Waals surface area (Å²) in [7, 11) is 0. The maximum absolute atomic E-state index is 12.6. The highest BCUT2D eigenvalue weighted by molar-refractivity contribution is 6.31. The molecule has 1 aliphatic rings. The summed E-state index contributed by atoms with van der Waals surface area (Å²) in [4.78, 5) is 26.7. The maximum atomic E-state index is 12.6. The maximum Gasteiger partial charge on any atom is 0.274 e. The number of nitrogens with one attached hydrogen (secondary N) is 1. The smallest absolute Gasteiger partial charge is 0.274 e. The van der Waals surface area contributed by atoms with Crippen molar-refractivity contribution in [2.45, 2.75) is 40.0 Å². The predicted octanol–water partition coefficient (Wildman–Crippen LogP) is 1.03. The quantitative estimate of drug-likeness (QED) is 0.770. The van der Waals surface area contributed by atoms with E-state index in [1.165, 1.54) is 0 Å². The van der Waals surface area contributed by atoms with E-state index in [4.69, 9.17) is 16.3 Å². The summed E-state index contributed by atoms with van der Waals surface area (Å²) in [6.45, 7) is 8.23. The second-order valence-electron chi connectivity index (χ2n) is 6.67. The van der Waals surface area contributed by atoms with Crippen LogP contribution in [0.4, 0.5) is 0 Å². The second kappa shape index (κ2) is 8.74. The van der Waals surface area contributed by atoms with Crippen molar-refractivity contribution >= 4 is 23.4 Å². The Morgan fingerprint density at radius 2 is 2.14 bits per heavy atom. The molecule has 3 rings (SSSR count). The van der Waals surface area contributed by atoms with Crippen LogP contribution in [0, 0.1) is 13.8 Å². The SMILES string of the molecule is CCn1ccc(C(=O)N2CCOC(C(=O)NCCn3nc(C)c(Cl)c3C)C2)n1. The molecule has 3 heterocycles. The Kier molecular flexibility index (Phi) is 6.35. The number of hydrogen-bond donors (Lipinski definition) is 1. The van der Waals surface area contributed by atoms with Gasteiger partial charge >= 0.3 is 0 Å². The zero-order valence-electron chi connectivity index (χ0n) is 16.3. The van der Waals surface area contributed by atoms with Crippen LogP contribution >= 0.6 is 11.6 Å². The normalized spacial score (nSPS) is 17.0. The number of ether oxygens (including phenoxy) is 1. The molecule has 1 aliphatic heterocycles. The molecule has 0 spiro atoms. The number of morpholine rings is 1. The first-order valence-corrected chi connectivity index (χ1v) is 9.70. The van der Waals surface area contributed by atoms with Gasteiger partial charge in [-0.25, -0.2) is 0 Å². The molecular weight excluding hydrogens is 384 g/mol. The summed E-state index contributed by atoms with van der Waals surface area (Å²) < 4.78 is 9.02. The molecule has 10 heteroatoms. The second-order valence-corrected chi connectivity index (χ2v) is 7.04. The molecule has 0 radical (unpaired) electrons. The largest absolute Gasteiger partial charge is 0.365 e. The van der Waals surface area contributed by atoms with E-state index in [2.05, 4.69) is 15.5 Å². The van der Waals surface area contributed by atoms with Crippen LogP contribution in [0.2, 0.25) is 5.02 Å². The van der Waals surface area contributed by atoms with Crippen molar-refractivity contribution in [3.8, 4) is 0 Å². The van der Waals surface area contributed by atoms with E-state index in [-0.39, 0.29) is 18.4 Å². The molecular formula is C18H25ClN6O3. The number of halogens is 1. The molecule has 1 fully saturated rings. The van der Waals surface area contributed by atoms with Gasteiger partial charge in [-0.05, 0) is 26.8 Å². The molecule has 1 atom stereocenters. The highest BCUT2D eigenvalue weighted by atomic mass is 35.5. The van der Waals surface area contributed by atoms with E-state index in [1.54, 1.807) is 26.5 Å². The fourth-order valence-electron chi connectivity index (χ4n) is 3.10. The highest BCUT2D eigenvalue weighted by Crippen LogP contribution is 2.18. The molecule has 0 aliphatic carbocycles. The number of amides is 2. The van der Waals surface area contributed by atoms with Crippen molar-refractivity contribution in [3.05, 3.63) is 34.4 Å². The van der Waals surface area contributed by atoms with E-state index in [0.29, 0.717) is 43.5 Å². The topological polar surface area (TPSA) is 94.3 Å². The molecule has 28 heavy (non-hydrogen) atoms. The lowest BCUT2D eigenvalue weighted by Crippen LogP contribution is -2.52. The highest BCUT2D eigenvalue weighted by Gasteiger charge is 2.30. The molecule has 0 aromatic carbocycles. The summed E-state index contributed by atoms with van der Waals surface area (Å²) in [5.74, 6) is -0.435. The Bertz CT molecular complexity index is 862. The average molecular weight is 409 g/mol. The summed E-state index contributed by atoms with van der Waals surface area (Å²) in [6.07, 6.45) is 1.07. The van der Waals surface area contributed by atoms with Crippen LogP contribution in [0.1, 0.15) is 28.8 Å². The average Bonchev–Trinajstić information content (AvgIpc) is 3.28. The number of carbonyl (C=O) groups excluding carboxylic acids is 2. The van der Waals surface area contributed by atoms with Crippen LogP contribution < -0.4 is 5.32 Å². The zero-order chi connectivity index (χ0) is 20.3. The zero-order valence-corrected chi connectivity index (χ0v) is 17.1. The van der Waals surface area contributed by atoms with Gasteiger partial charge in [0.25, 0.3) is 11.8 Å². The van der Waals surface area contributed by atoms with Crippen LogP contribution in [-0.4, -0.2) is 68.6 Å². The Morgan fingerprint density at radius 3 is 2.79 bits per heavy atom. The Hall–Kier alpha value is -2.39. The Labute approximate surface area is 168 Å². The lowest BCUT2D eigenvalue weighted by Gasteiger charge is -2.31. The Balaban J connectivity index is 1.52. The number of aryl methyl sites for hydroxylation is 2. The molecule has 2 amide bonds. The van der Waals surface area contributed by atoms with Crippen molar-refractivity contribution < 1.29 is 14.3 Å². The van der Waals surface area contributed by atoms with Crippen LogP contribution in [-0.2, 0) is 22.6 Å². The van der Waals surface area contributed by atoms with Gasteiger partial charge in [0.2, 0.25) is 0 Å². The van der Waals surface area contributed by atoms with Crippen molar-refractivity contribution in [2.75, 3.05) is 26.2 Å². The molecule has 1 unspecified atom stereocenters. The van der Waals surface area contributed by atoms with Gasteiger partial charge in [0.1, 0.15) is 5.69 Å². The van der Waals surface area contributed by atoms with Crippen molar-refractivity contribution in [2.24, 2.45) is 0 Å². The van der Waals surface area contributed by atoms with E-state index in [1.807, 2.05) is 20.8 Å². The molecule has 9 nitrogen and oxygen atoms in total. The molecule has 2 aromatic rings. The number of carbonyl (C=O) groups is 2. The standard InChI is InChI=1S/C18H25ClN6O3/c1-4-24-7-5-14(22-24)18(27)23-9-10-28-15(11-23)17(26)20-6-8-25-13(3)16(19)12(2)21-25/h5,7,15H,4,6,8-11H2,1-3H3,(H,20,26). The van der Waals surface area contributed by atoms with Gasteiger partial charge in [-0.3, -0.25) is 19.0 Å².